The van der Waals surface area contributed by atoms with Crippen LogP contribution >= 0.6 is 11.3 Å². The van der Waals surface area contributed by atoms with E-state index in [0.29, 0.717) is 30.8 Å². The maximum Gasteiger partial charge on any atom is 0.261 e. The monoisotopic (exact) mass is 486 g/mol. The molecule has 8 heteroatoms. The van der Waals surface area contributed by atoms with Crippen molar-refractivity contribution in [1.82, 2.24) is 10.2 Å². The van der Waals surface area contributed by atoms with E-state index in [1.807, 2.05) is 34.5 Å². The van der Waals surface area contributed by atoms with Crippen molar-refractivity contribution in [3.63, 3.8) is 0 Å². The lowest BCUT2D eigenvalue weighted by Gasteiger charge is -2.44. The highest BCUT2D eigenvalue weighted by atomic mass is 32.1. The third-order valence-corrected chi connectivity index (χ3v) is 8.10. The summed E-state index contributed by atoms with van der Waals surface area (Å²) in [6, 6.07) is 13.2. The predicted octanol–water partition coefficient (Wildman–Crippen LogP) is 5.20. The second-order valence-corrected chi connectivity index (χ2v) is 9.87. The standard InChI is InChI=1S/C26H25F3N2O2S/c1-33-24-23(30-25(32)21-7-4-14-34-21)16-5-2-3-6-18(16)26(24)10-12-31(13-11-26)15-17-19(27)8-9-20(28)22(17)29/h2-9,14,23-24H,10-13,15H2,1H3,(H,30,32)/t23-,24+/m0/s1. The van der Waals surface area contributed by atoms with Crippen LogP contribution in [-0.4, -0.2) is 37.1 Å². The number of hydrogen-bond acceptors (Lipinski definition) is 4. The lowest BCUT2D eigenvalue weighted by Crippen LogP contribution is -2.50. The molecule has 34 heavy (non-hydrogen) atoms. The van der Waals surface area contributed by atoms with Crippen LogP contribution in [-0.2, 0) is 16.7 Å². The summed E-state index contributed by atoms with van der Waals surface area (Å²) < 4.78 is 48.1. The Labute approximate surface area is 200 Å². The third-order valence-electron chi connectivity index (χ3n) is 7.23. The number of likely N-dealkylation sites (tertiary alicyclic amines) is 1. The molecule has 1 saturated heterocycles. The summed E-state index contributed by atoms with van der Waals surface area (Å²) in [6.45, 7) is 1.13. The Bertz CT molecular complexity index is 1190. The highest BCUT2D eigenvalue weighted by molar-refractivity contribution is 7.12. The Kier molecular flexibility index (Phi) is 6.22. The Balaban J connectivity index is 1.39. The molecule has 1 N–H and O–H groups in total. The molecule has 1 aliphatic heterocycles. The zero-order chi connectivity index (χ0) is 23.9. The van der Waals surface area contributed by atoms with Gasteiger partial charge in [-0.05, 0) is 60.6 Å². The number of hydrogen-bond donors (Lipinski definition) is 1. The number of benzene rings is 2. The SMILES string of the molecule is CO[C@@H]1[C@@H](NC(=O)c2cccs2)c2ccccc2C12CCN(Cc1c(F)ccc(F)c1F)CC2. The van der Waals surface area contributed by atoms with Gasteiger partial charge >= 0.3 is 0 Å². The molecule has 1 amide bonds. The van der Waals surface area contributed by atoms with E-state index in [-0.39, 0.29) is 35.6 Å². The first-order valence-corrected chi connectivity index (χ1v) is 12.1. The van der Waals surface area contributed by atoms with Crippen molar-refractivity contribution < 1.29 is 22.7 Å². The quantitative estimate of drug-likeness (QED) is 0.504. The van der Waals surface area contributed by atoms with E-state index in [2.05, 4.69) is 11.4 Å². The van der Waals surface area contributed by atoms with Gasteiger partial charge in [0.1, 0.15) is 5.82 Å². The fourth-order valence-electron chi connectivity index (χ4n) is 5.59. The van der Waals surface area contributed by atoms with Gasteiger partial charge in [-0.25, -0.2) is 13.2 Å². The van der Waals surface area contributed by atoms with Crippen molar-refractivity contribution >= 4 is 17.2 Å². The van der Waals surface area contributed by atoms with Gasteiger partial charge in [-0.2, -0.15) is 0 Å². The summed E-state index contributed by atoms with van der Waals surface area (Å²) in [5, 5.41) is 5.04. The van der Waals surface area contributed by atoms with E-state index < -0.39 is 17.5 Å². The average Bonchev–Trinajstić information content (AvgIpc) is 3.47. The van der Waals surface area contributed by atoms with E-state index in [0.717, 1.165) is 23.3 Å². The van der Waals surface area contributed by atoms with Crippen LogP contribution in [0.25, 0.3) is 0 Å². The Morgan fingerprint density at radius 3 is 2.53 bits per heavy atom. The number of ether oxygens (including phenoxy) is 1. The second-order valence-electron chi connectivity index (χ2n) is 8.93. The molecule has 1 spiro atoms. The van der Waals surface area contributed by atoms with Crippen LogP contribution in [0, 0.1) is 17.5 Å². The fourth-order valence-corrected chi connectivity index (χ4v) is 6.22. The molecule has 0 bridgehead atoms. The number of carbonyl (C=O) groups excluding carboxylic acids is 1. The number of thiophene rings is 1. The molecule has 2 aliphatic rings. The van der Waals surface area contributed by atoms with Crippen molar-refractivity contribution in [3.05, 3.63) is 92.9 Å². The number of methoxy groups -OCH3 is 1. The first-order chi connectivity index (χ1) is 16.4. The number of rotatable bonds is 5. The van der Waals surface area contributed by atoms with Crippen molar-refractivity contribution in [3.8, 4) is 0 Å². The van der Waals surface area contributed by atoms with Gasteiger partial charge in [-0.1, -0.05) is 30.3 Å². The van der Waals surface area contributed by atoms with Crippen molar-refractivity contribution in [2.45, 2.75) is 36.9 Å². The van der Waals surface area contributed by atoms with Gasteiger partial charge in [0.15, 0.2) is 11.6 Å². The van der Waals surface area contributed by atoms with Crippen LogP contribution in [0.5, 0.6) is 0 Å². The average molecular weight is 487 g/mol. The molecule has 2 aromatic carbocycles. The van der Waals surface area contributed by atoms with Crippen LogP contribution in [0.15, 0.2) is 53.9 Å². The first kappa shape index (κ1) is 23.1. The van der Waals surface area contributed by atoms with E-state index in [4.69, 9.17) is 4.74 Å². The van der Waals surface area contributed by atoms with E-state index in [9.17, 15) is 18.0 Å². The zero-order valence-corrected chi connectivity index (χ0v) is 19.5. The molecule has 2 heterocycles. The molecule has 4 nitrogen and oxygen atoms in total. The van der Waals surface area contributed by atoms with Gasteiger partial charge in [0.05, 0.1) is 17.0 Å². The molecule has 3 aromatic rings. The summed E-state index contributed by atoms with van der Waals surface area (Å²) in [5.74, 6) is -3.05. The van der Waals surface area contributed by atoms with Crippen LogP contribution in [0.1, 0.15) is 45.2 Å². The summed E-state index contributed by atoms with van der Waals surface area (Å²) in [7, 11) is 1.66. The van der Waals surface area contributed by atoms with Gasteiger partial charge in [0.25, 0.3) is 5.91 Å². The van der Waals surface area contributed by atoms with Crippen LogP contribution < -0.4 is 5.32 Å². The predicted molar refractivity (Wildman–Crippen MR) is 124 cm³/mol. The third kappa shape index (κ3) is 3.83. The number of nitrogens with one attached hydrogen (secondary N) is 1. The van der Waals surface area contributed by atoms with Crippen LogP contribution in [0.4, 0.5) is 13.2 Å². The lowest BCUT2D eigenvalue weighted by molar-refractivity contribution is -0.0124. The molecule has 0 radical (unpaired) electrons. The summed E-state index contributed by atoms with van der Waals surface area (Å²) in [4.78, 5) is 15.5. The summed E-state index contributed by atoms with van der Waals surface area (Å²) in [5.41, 5.74) is 1.59. The van der Waals surface area contributed by atoms with E-state index in [1.165, 1.54) is 11.3 Å². The summed E-state index contributed by atoms with van der Waals surface area (Å²) in [6.07, 6.45) is 1.09. The van der Waals surface area contributed by atoms with Crippen molar-refractivity contribution in [2.75, 3.05) is 20.2 Å². The smallest absolute Gasteiger partial charge is 0.261 e. The van der Waals surface area contributed by atoms with Gasteiger partial charge in [-0.15, -0.1) is 11.3 Å². The van der Waals surface area contributed by atoms with E-state index in [1.54, 1.807) is 13.2 Å². The molecule has 0 unspecified atom stereocenters. The Hall–Kier alpha value is -2.68. The largest absolute Gasteiger partial charge is 0.378 e. The van der Waals surface area contributed by atoms with Crippen molar-refractivity contribution in [1.29, 1.82) is 0 Å². The highest BCUT2D eigenvalue weighted by Crippen LogP contribution is 2.52. The molecular formula is C26H25F3N2O2S. The lowest BCUT2D eigenvalue weighted by atomic mass is 9.71. The number of piperidine rings is 1. The maximum absolute atomic E-state index is 14.2. The zero-order valence-electron chi connectivity index (χ0n) is 18.7. The van der Waals surface area contributed by atoms with Crippen molar-refractivity contribution in [2.24, 2.45) is 0 Å². The number of carbonyl (C=O) groups is 1. The Morgan fingerprint density at radius 2 is 1.82 bits per heavy atom. The number of nitrogens with zero attached hydrogens (tertiary/aromatic N) is 1. The number of halogens is 3. The minimum atomic E-state index is -1.13. The molecule has 0 saturated carbocycles. The number of fused-ring (bicyclic) bond motifs is 2. The first-order valence-electron chi connectivity index (χ1n) is 11.3. The topological polar surface area (TPSA) is 41.6 Å². The molecule has 2 atom stereocenters. The van der Waals surface area contributed by atoms with Gasteiger partial charge in [0, 0.05) is 24.6 Å². The minimum Gasteiger partial charge on any atom is -0.378 e. The van der Waals surface area contributed by atoms with E-state index >= 15 is 0 Å². The molecule has 1 aromatic heterocycles. The molecular weight excluding hydrogens is 461 g/mol. The summed E-state index contributed by atoms with van der Waals surface area (Å²) >= 11 is 1.39. The highest BCUT2D eigenvalue weighted by Gasteiger charge is 2.54. The van der Waals surface area contributed by atoms with Gasteiger partial charge < -0.3 is 10.1 Å². The van der Waals surface area contributed by atoms with Crippen LogP contribution in [0.3, 0.4) is 0 Å². The second kappa shape index (κ2) is 9.17. The molecule has 5 rings (SSSR count). The van der Waals surface area contributed by atoms with Gasteiger partial charge in [-0.3, -0.25) is 9.69 Å². The molecule has 1 aliphatic carbocycles. The maximum atomic E-state index is 14.2. The van der Waals surface area contributed by atoms with Crippen LogP contribution in [0.2, 0.25) is 0 Å². The molecule has 178 valence electrons. The minimum absolute atomic E-state index is 0.00332. The fraction of sp³-hybridized carbons (Fsp3) is 0.346. The van der Waals surface area contributed by atoms with Gasteiger partial charge in [0.2, 0.25) is 0 Å². The number of amides is 1. The normalized spacial score (nSPS) is 21.5. The Morgan fingerprint density at radius 1 is 1.09 bits per heavy atom. The molecule has 1 fully saturated rings.